The number of fused-ring (bicyclic) bond motifs is 5. The molecule has 6 N–H and O–H groups in total. The van der Waals surface area contributed by atoms with Gasteiger partial charge in [-0.1, -0.05) is 6.58 Å². The number of primary amides is 1. The van der Waals surface area contributed by atoms with Crippen LogP contribution in [0.3, 0.4) is 0 Å². The van der Waals surface area contributed by atoms with Crippen molar-refractivity contribution < 1.29 is 34.4 Å². The molecule has 0 radical (unpaired) electrons. The minimum Gasteiger partial charge on any atom is -0.510 e. The van der Waals surface area contributed by atoms with Crippen molar-refractivity contribution in [3.8, 4) is 5.75 Å². The molecular formula is C29H34FN3O6. The van der Waals surface area contributed by atoms with Gasteiger partial charge < -0.3 is 26.2 Å². The van der Waals surface area contributed by atoms with Crippen LogP contribution in [-0.2, 0) is 17.8 Å². The molecule has 3 aliphatic carbocycles. The number of nitrogens with zero attached hydrogens (tertiary/aromatic N) is 2. The van der Waals surface area contributed by atoms with Crippen molar-refractivity contribution in [2.24, 2.45) is 17.6 Å². The van der Waals surface area contributed by atoms with Gasteiger partial charge in [-0.25, -0.2) is 4.39 Å². The van der Waals surface area contributed by atoms with Gasteiger partial charge in [0.25, 0.3) is 5.91 Å². The summed E-state index contributed by atoms with van der Waals surface area (Å²) in [5, 5.41) is 45.3. The third-order valence-corrected chi connectivity index (χ3v) is 9.88. The van der Waals surface area contributed by atoms with E-state index in [0.29, 0.717) is 24.2 Å². The normalized spacial score (nSPS) is 34.0. The summed E-state index contributed by atoms with van der Waals surface area (Å²) in [4.78, 5) is 29.9. The van der Waals surface area contributed by atoms with Crippen molar-refractivity contribution in [3.05, 3.63) is 63.4 Å². The molecular weight excluding hydrogens is 505 g/mol. The number of allylic oxidation sites excluding steroid dienone is 1. The third-order valence-electron chi connectivity index (χ3n) is 9.88. The first-order valence-electron chi connectivity index (χ1n) is 13.5. The molecule has 1 aromatic rings. The molecule has 208 valence electrons. The maximum Gasteiger partial charge on any atom is 0.252 e. The summed E-state index contributed by atoms with van der Waals surface area (Å²) in [7, 11) is 3.28. The molecule has 10 heteroatoms. The number of phenols is 1. The molecule has 1 aromatic carbocycles. The molecule has 2 saturated heterocycles. The van der Waals surface area contributed by atoms with Crippen LogP contribution in [0.5, 0.6) is 5.75 Å². The van der Waals surface area contributed by atoms with E-state index in [1.54, 1.807) is 19.0 Å². The molecule has 39 heavy (non-hydrogen) atoms. The standard InChI is InChI=1S/C29H34FN3O6/c1-12-20(28(31)38)26(36)24(32(2)3)18-9-13-8-17-22(25(35)21(13)27(37)29(12,18)39)19(34)10-14(23(17)30)11-33-15-4-5-16(33)7-6-15/h10,13,15-16,18,24,34,36-37,39H,1,4-9,11H2,2-3H3,(H2,31,38)/t13-,15?,16?,18-,24-,29-/m0/s1. The number of amides is 1. The number of likely N-dealkylation sites (N-methyl/N-ethyl adjacent to an activating group) is 1. The number of hydrogen-bond donors (Lipinski definition) is 5. The zero-order valence-electron chi connectivity index (χ0n) is 22.1. The highest BCUT2D eigenvalue weighted by Gasteiger charge is 2.60. The fourth-order valence-electron chi connectivity index (χ4n) is 8.11. The second-order valence-electron chi connectivity index (χ2n) is 12.0. The van der Waals surface area contributed by atoms with E-state index in [0.717, 1.165) is 25.7 Å². The van der Waals surface area contributed by atoms with Gasteiger partial charge in [0.15, 0.2) is 11.4 Å². The van der Waals surface area contributed by atoms with Crippen LogP contribution in [0.4, 0.5) is 4.39 Å². The van der Waals surface area contributed by atoms with Crippen LogP contribution in [0.15, 0.2) is 40.9 Å². The summed E-state index contributed by atoms with van der Waals surface area (Å²) in [5.41, 5.74) is 2.59. The lowest BCUT2D eigenvalue weighted by molar-refractivity contribution is -0.115. The number of ketones is 1. The fourth-order valence-corrected chi connectivity index (χ4v) is 8.11. The number of hydrogen-bond acceptors (Lipinski definition) is 8. The molecule has 2 aliphatic heterocycles. The Morgan fingerprint density at radius 2 is 1.82 bits per heavy atom. The Kier molecular flexibility index (Phi) is 5.77. The average molecular weight is 540 g/mol. The Morgan fingerprint density at radius 3 is 2.38 bits per heavy atom. The lowest BCUT2D eigenvalue weighted by atomic mass is 9.57. The van der Waals surface area contributed by atoms with E-state index < -0.39 is 52.3 Å². The first-order chi connectivity index (χ1) is 18.4. The molecule has 6 rings (SSSR count). The molecule has 0 spiro atoms. The van der Waals surface area contributed by atoms with Crippen LogP contribution in [0.1, 0.15) is 53.6 Å². The summed E-state index contributed by atoms with van der Waals surface area (Å²) in [6, 6.07) is 1.18. The van der Waals surface area contributed by atoms with Crippen molar-refractivity contribution in [1.29, 1.82) is 0 Å². The SMILES string of the molecule is C=C1C(C(N)=O)=C(O)[C@@H](N(C)C)[C@@H]2C[C@@H]3Cc4c(F)c(CN5C6CCC5CC6)cc(O)c4C(=O)C3=C(O)[C@]12O. The van der Waals surface area contributed by atoms with Gasteiger partial charge in [0.1, 0.15) is 23.1 Å². The minimum absolute atomic E-state index is 0.0207. The van der Waals surface area contributed by atoms with Crippen molar-refractivity contribution in [3.63, 3.8) is 0 Å². The van der Waals surface area contributed by atoms with Gasteiger partial charge in [-0.2, -0.15) is 0 Å². The second-order valence-corrected chi connectivity index (χ2v) is 12.0. The van der Waals surface area contributed by atoms with Gasteiger partial charge in [0, 0.05) is 46.8 Å². The van der Waals surface area contributed by atoms with Crippen molar-refractivity contribution in [2.75, 3.05) is 14.1 Å². The number of phenolic OH excluding ortho intramolecular Hbond substituents is 1. The van der Waals surface area contributed by atoms with Gasteiger partial charge in [-0.15, -0.1) is 0 Å². The Bertz CT molecular complexity index is 1380. The molecule has 2 fully saturated rings. The zero-order chi connectivity index (χ0) is 28.1. The predicted molar refractivity (Wildman–Crippen MR) is 139 cm³/mol. The van der Waals surface area contributed by atoms with Crippen molar-refractivity contribution in [1.82, 2.24) is 9.80 Å². The van der Waals surface area contributed by atoms with E-state index in [1.165, 1.54) is 6.07 Å². The average Bonchev–Trinajstić information content (AvgIpc) is 3.43. The second kappa shape index (κ2) is 8.64. The van der Waals surface area contributed by atoms with Crippen LogP contribution in [0, 0.1) is 17.7 Å². The Morgan fingerprint density at radius 1 is 1.21 bits per heavy atom. The van der Waals surface area contributed by atoms with Crippen LogP contribution in [0.2, 0.25) is 0 Å². The largest absolute Gasteiger partial charge is 0.510 e. The number of rotatable bonds is 4. The summed E-state index contributed by atoms with van der Waals surface area (Å²) in [5.74, 6) is -5.39. The number of aromatic hydroxyl groups is 1. The molecule has 0 unspecified atom stereocenters. The first-order valence-corrected chi connectivity index (χ1v) is 13.5. The van der Waals surface area contributed by atoms with Crippen molar-refractivity contribution in [2.45, 2.75) is 68.8 Å². The van der Waals surface area contributed by atoms with Gasteiger partial charge in [-0.05, 0) is 64.6 Å². The lowest BCUT2D eigenvalue weighted by Gasteiger charge is -2.52. The van der Waals surface area contributed by atoms with Gasteiger partial charge >= 0.3 is 0 Å². The maximum absolute atomic E-state index is 16.0. The van der Waals surface area contributed by atoms with Gasteiger partial charge in [0.05, 0.1) is 17.2 Å². The number of Topliss-reactive ketones (excluding diaryl/α,β-unsaturated/α-hetero) is 1. The minimum atomic E-state index is -2.27. The predicted octanol–water partition coefficient (Wildman–Crippen LogP) is 2.37. The molecule has 9 nitrogen and oxygen atoms in total. The highest BCUT2D eigenvalue weighted by molar-refractivity contribution is 6.13. The van der Waals surface area contributed by atoms with Crippen LogP contribution in [0.25, 0.3) is 0 Å². The molecule has 5 aliphatic rings. The zero-order valence-corrected chi connectivity index (χ0v) is 22.1. The van der Waals surface area contributed by atoms with Crippen LogP contribution >= 0.6 is 0 Å². The topological polar surface area (TPSA) is 148 Å². The van der Waals surface area contributed by atoms with E-state index in [-0.39, 0.29) is 46.6 Å². The number of carbonyl (C=O) groups excluding carboxylic acids is 2. The smallest absolute Gasteiger partial charge is 0.252 e. The van der Waals surface area contributed by atoms with E-state index >= 15 is 4.39 Å². The highest BCUT2D eigenvalue weighted by Crippen LogP contribution is 2.55. The summed E-state index contributed by atoms with van der Waals surface area (Å²) in [6.07, 6.45) is 4.43. The molecule has 0 saturated carbocycles. The number of benzene rings is 1. The van der Waals surface area contributed by atoms with Crippen LogP contribution < -0.4 is 5.73 Å². The van der Waals surface area contributed by atoms with Crippen LogP contribution in [-0.4, -0.2) is 79.7 Å². The molecule has 4 atom stereocenters. The molecule has 2 heterocycles. The Balaban J connectivity index is 1.45. The molecule has 2 bridgehead atoms. The fraction of sp³-hybridized carbons (Fsp3) is 0.517. The van der Waals surface area contributed by atoms with E-state index in [4.69, 9.17) is 5.73 Å². The summed E-state index contributed by atoms with van der Waals surface area (Å²) in [6.45, 7) is 4.13. The Hall–Kier alpha value is -3.21. The molecule has 0 aromatic heterocycles. The molecule has 1 amide bonds. The van der Waals surface area contributed by atoms with E-state index in [2.05, 4.69) is 11.5 Å². The number of carbonyl (C=O) groups is 2. The summed E-state index contributed by atoms with van der Waals surface area (Å²) >= 11 is 0. The van der Waals surface area contributed by atoms with E-state index in [9.17, 15) is 30.0 Å². The lowest BCUT2D eigenvalue weighted by Crippen LogP contribution is -2.60. The third kappa shape index (κ3) is 3.41. The summed E-state index contributed by atoms with van der Waals surface area (Å²) < 4.78 is 16.0. The Labute approximate surface area is 225 Å². The number of nitrogens with two attached hydrogens (primary N) is 1. The maximum atomic E-state index is 16.0. The first kappa shape index (κ1) is 26.0. The number of halogens is 1. The van der Waals surface area contributed by atoms with Crippen molar-refractivity contribution >= 4 is 11.7 Å². The number of aliphatic hydroxyl groups is 3. The quantitative estimate of drug-likeness (QED) is 0.392. The monoisotopic (exact) mass is 539 g/mol. The number of aliphatic hydroxyl groups excluding tert-OH is 2. The van der Waals surface area contributed by atoms with Gasteiger partial charge in [-0.3, -0.25) is 19.4 Å². The van der Waals surface area contributed by atoms with Gasteiger partial charge in [0.2, 0.25) is 0 Å². The highest BCUT2D eigenvalue weighted by atomic mass is 19.1. The van der Waals surface area contributed by atoms with E-state index in [1.807, 2.05) is 0 Å².